The van der Waals surface area contributed by atoms with Crippen LogP contribution < -0.4 is 5.32 Å². The zero-order chi connectivity index (χ0) is 25.7. The summed E-state index contributed by atoms with van der Waals surface area (Å²) in [6.07, 6.45) is 3.94. The second-order valence-corrected chi connectivity index (χ2v) is 10.6. The Morgan fingerprint density at radius 2 is 1.72 bits per heavy atom. The van der Waals surface area contributed by atoms with Gasteiger partial charge in [-0.1, -0.05) is 24.6 Å². The average molecular weight is 510 g/mol. The van der Waals surface area contributed by atoms with E-state index in [0.29, 0.717) is 18.6 Å². The van der Waals surface area contributed by atoms with Crippen LogP contribution in [0, 0.1) is 0 Å². The number of nitrogens with one attached hydrogen (secondary N) is 1. The zero-order valence-electron chi connectivity index (χ0n) is 20.0. The fraction of sp³-hybridized carbons (Fsp3) is 0.615. The van der Waals surface area contributed by atoms with Crippen LogP contribution in [-0.2, 0) is 17.8 Å². The van der Waals surface area contributed by atoms with E-state index < -0.39 is 17.8 Å². The summed E-state index contributed by atoms with van der Waals surface area (Å²) < 4.78 is 48.5. The number of nitrogens with zero attached hydrogens (tertiary/aromatic N) is 2. The number of rotatable bonds is 4. The molecule has 1 amide bonds. The molecule has 2 saturated heterocycles. The maximum atomic E-state index is 14.4. The summed E-state index contributed by atoms with van der Waals surface area (Å²) in [7, 11) is 0. The van der Waals surface area contributed by atoms with Gasteiger partial charge in [0.1, 0.15) is 5.67 Å². The van der Waals surface area contributed by atoms with Crippen molar-refractivity contribution < 1.29 is 32.3 Å². The summed E-state index contributed by atoms with van der Waals surface area (Å²) in [5.74, 6) is -2.66. The van der Waals surface area contributed by atoms with Gasteiger partial charge in [0.05, 0.1) is 5.56 Å². The molecule has 10 heteroatoms. The maximum absolute atomic E-state index is 14.4. The fourth-order valence-electron chi connectivity index (χ4n) is 6.26. The van der Waals surface area contributed by atoms with Crippen molar-refractivity contribution in [3.63, 3.8) is 0 Å². The highest BCUT2D eigenvalue weighted by Crippen LogP contribution is 2.44. The van der Waals surface area contributed by atoms with E-state index in [1.54, 1.807) is 0 Å². The predicted octanol–water partition coefficient (Wildman–Crippen LogP) is 4.84. The van der Waals surface area contributed by atoms with Crippen molar-refractivity contribution in [2.24, 2.45) is 0 Å². The van der Waals surface area contributed by atoms with Gasteiger partial charge < -0.3 is 15.0 Å². The highest BCUT2D eigenvalue weighted by molar-refractivity contribution is 6.08. The van der Waals surface area contributed by atoms with Crippen LogP contribution in [0.1, 0.15) is 67.4 Å². The number of aromatic nitrogens is 1. The first-order valence-corrected chi connectivity index (χ1v) is 12.7. The molecule has 1 saturated carbocycles. The quantitative estimate of drug-likeness (QED) is 0.579. The molecule has 1 aromatic carbocycles. The van der Waals surface area contributed by atoms with Crippen LogP contribution in [0.15, 0.2) is 24.3 Å². The van der Waals surface area contributed by atoms with Gasteiger partial charge >= 0.3 is 12.1 Å². The molecule has 2 bridgehead atoms. The van der Waals surface area contributed by atoms with Gasteiger partial charge in [-0.15, -0.1) is 0 Å². The summed E-state index contributed by atoms with van der Waals surface area (Å²) in [4.78, 5) is 24.7. The van der Waals surface area contributed by atoms with Gasteiger partial charge in [-0.2, -0.15) is 13.2 Å². The number of hydrogen-bond donors (Lipinski definition) is 2. The average Bonchev–Trinajstić information content (AvgIpc) is 3.22. The largest absolute Gasteiger partial charge is 0.490 e. The van der Waals surface area contributed by atoms with Crippen LogP contribution in [-0.4, -0.2) is 63.0 Å². The Bertz CT molecular complexity index is 1140. The topological polar surface area (TPSA) is 74.6 Å². The Labute approximate surface area is 206 Å². The molecule has 1 aliphatic carbocycles. The van der Waals surface area contributed by atoms with Crippen LogP contribution in [0.25, 0.3) is 10.9 Å². The fourth-order valence-corrected chi connectivity index (χ4v) is 6.26. The third kappa shape index (κ3) is 4.96. The summed E-state index contributed by atoms with van der Waals surface area (Å²) in [6.45, 7) is 1.62. The molecule has 2 unspecified atom stereocenters. The monoisotopic (exact) mass is 509 g/mol. The molecular formula is C26H31F4N3O3. The third-order valence-corrected chi connectivity index (χ3v) is 8.06. The lowest BCUT2D eigenvalue weighted by Gasteiger charge is -2.49. The molecule has 6 rings (SSSR count). The Morgan fingerprint density at radius 1 is 1.08 bits per heavy atom. The number of fused-ring (bicyclic) bond motifs is 5. The SMILES string of the molecule is O=C(NC1CC2CCCC(C1)N2CC1(F)CC1)c1c2n(c3ccccc13)CCC2.O=C(O)C(F)(F)F. The van der Waals surface area contributed by atoms with E-state index in [0.717, 1.165) is 68.9 Å². The van der Waals surface area contributed by atoms with Crippen molar-refractivity contribution in [1.29, 1.82) is 0 Å². The summed E-state index contributed by atoms with van der Waals surface area (Å²) in [6, 6.07) is 9.37. The lowest BCUT2D eigenvalue weighted by atomic mass is 9.81. The van der Waals surface area contributed by atoms with Gasteiger partial charge in [0.15, 0.2) is 0 Å². The standard InChI is InChI=1S/C24H30FN3O.C2HF3O2/c25-24(10-11-24)15-28-17-5-3-6-18(28)14-16(13-17)26-23(29)22-19-7-1-2-8-20(19)27-12-4-9-21(22)27;3-2(4,5)1(6)7/h1-2,7-8,16-18H,3-6,9-15H2,(H,26,29);(H,6,7). The van der Waals surface area contributed by atoms with E-state index in [9.17, 15) is 22.4 Å². The number of para-hydroxylation sites is 1. The summed E-state index contributed by atoms with van der Waals surface area (Å²) in [5, 5.41) is 11.6. The first kappa shape index (κ1) is 25.0. The van der Waals surface area contributed by atoms with Gasteiger partial charge in [-0.3, -0.25) is 9.69 Å². The van der Waals surface area contributed by atoms with E-state index in [-0.39, 0.29) is 11.9 Å². The number of piperidine rings is 2. The van der Waals surface area contributed by atoms with Gasteiger partial charge in [0, 0.05) is 47.8 Å². The molecule has 2 N–H and O–H groups in total. The number of carboxylic acids is 1. The molecule has 6 nitrogen and oxygen atoms in total. The number of hydrogen-bond acceptors (Lipinski definition) is 3. The molecule has 1 aromatic heterocycles. The minimum Gasteiger partial charge on any atom is -0.475 e. The minimum atomic E-state index is -5.08. The highest BCUT2D eigenvalue weighted by Gasteiger charge is 2.49. The Kier molecular flexibility index (Phi) is 6.51. The van der Waals surface area contributed by atoms with E-state index in [1.807, 2.05) is 6.07 Å². The number of benzene rings is 1. The van der Waals surface area contributed by atoms with Crippen molar-refractivity contribution >= 4 is 22.8 Å². The summed E-state index contributed by atoms with van der Waals surface area (Å²) in [5.41, 5.74) is 2.37. The maximum Gasteiger partial charge on any atom is 0.490 e. The predicted molar refractivity (Wildman–Crippen MR) is 126 cm³/mol. The van der Waals surface area contributed by atoms with Crippen LogP contribution in [0.4, 0.5) is 17.6 Å². The lowest BCUT2D eigenvalue weighted by molar-refractivity contribution is -0.192. The number of alkyl halides is 4. The van der Waals surface area contributed by atoms with Crippen LogP contribution >= 0.6 is 0 Å². The molecular weight excluding hydrogens is 478 g/mol. The van der Waals surface area contributed by atoms with Crippen molar-refractivity contribution in [3.05, 3.63) is 35.5 Å². The third-order valence-electron chi connectivity index (χ3n) is 8.06. The van der Waals surface area contributed by atoms with E-state index in [1.165, 1.54) is 17.6 Å². The molecule has 0 spiro atoms. The molecule has 2 atom stereocenters. The highest BCUT2D eigenvalue weighted by atomic mass is 19.4. The lowest BCUT2D eigenvalue weighted by Crippen LogP contribution is -2.58. The molecule has 2 aromatic rings. The zero-order valence-corrected chi connectivity index (χ0v) is 20.0. The molecule has 4 heterocycles. The summed E-state index contributed by atoms with van der Waals surface area (Å²) >= 11 is 0. The first-order valence-electron chi connectivity index (χ1n) is 12.7. The van der Waals surface area contributed by atoms with E-state index in [4.69, 9.17) is 9.90 Å². The molecule has 3 fully saturated rings. The van der Waals surface area contributed by atoms with Crippen LogP contribution in [0.2, 0.25) is 0 Å². The van der Waals surface area contributed by atoms with Crippen molar-refractivity contribution in [2.75, 3.05) is 6.54 Å². The molecule has 196 valence electrons. The second kappa shape index (κ2) is 9.36. The smallest absolute Gasteiger partial charge is 0.475 e. The number of carbonyl (C=O) groups is 2. The van der Waals surface area contributed by atoms with Gasteiger partial charge in [-0.25, -0.2) is 9.18 Å². The van der Waals surface area contributed by atoms with Crippen molar-refractivity contribution in [3.8, 4) is 0 Å². The number of aryl methyl sites for hydroxylation is 1. The number of carbonyl (C=O) groups excluding carboxylic acids is 1. The van der Waals surface area contributed by atoms with Crippen molar-refractivity contribution in [2.45, 2.75) is 94.3 Å². The van der Waals surface area contributed by atoms with Gasteiger partial charge in [0.25, 0.3) is 5.91 Å². The molecule has 4 aliphatic rings. The number of aliphatic carboxylic acids is 1. The number of carboxylic acid groups (broad SMARTS) is 1. The number of amides is 1. The Balaban J connectivity index is 0.000000338. The van der Waals surface area contributed by atoms with E-state index >= 15 is 0 Å². The first-order chi connectivity index (χ1) is 17.1. The normalized spacial score (nSPS) is 26.6. The molecule has 3 aliphatic heterocycles. The Hall–Kier alpha value is -2.62. The molecule has 36 heavy (non-hydrogen) atoms. The minimum absolute atomic E-state index is 0.0949. The van der Waals surface area contributed by atoms with Crippen molar-refractivity contribution in [1.82, 2.24) is 14.8 Å². The van der Waals surface area contributed by atoms with Crippen LogP contribution in [0.5, 0.6) is 0 Å². The van der Waals surface area contributed by atoms with Crippen LogP contribution in [0.3, 0.4) is 0 Å². The second-order valence-electron chi connectivity index (χ2n) is 10.6. The van der Waals surface area contributed by atoms with Gasteiger partial charge in [-0.05, 0) is 57.4 Å². The van der Waals surface area contributed by atoms with Gasteiger partial charge in [0.2, 0.25) is 0 Å². The molecule has 0 radical (unpaired) electrons. The number of halogens is 4. The van der Waals surface area contributed by atoms with E-state index in [2.05, 4.69) is 33.0 Å². The Morgan fingerprint density at radius 3 is 2.33 bits per heavy atom.